The van der Waals surface area contributed by atoms with E-state index in [-0.39, 0.29) is 11.8 Å². The lowest BCUT2D eigenvalue weighted by Gasteiger charge is -2.34. The monoisotopic (exact) mass is 399 g/mol. The zero-order valence-corrected chi connectivity index (χ0v) is 15.6. The maximum atomic E-state index is 12.5. The summed E-state index contributed by atoms with van der Waals surface area (Å²) in [5.41, 5.74) is 2.44. The number of carbonyl (C=O) groups excluding carboxylic acids is 1. The molecule has 0 saturated heterocycles. The third-order valence-electron chi connectivity index (χ3n) is 5.51. The van der Waals surface area contributed by atoms with Crippen molar-refractivity contribution in [1.82, 2.24) is 5.32 Å². The highest BCUT2D eigenvalue weighted by atomic mass is 79.9. The van der Waals surface area contributed by atoms with Crippen LogP contribution in [0.1, 0.15) is 41.9 Å². The van der Waals surface area contributed by atoms with Crippen LogP contribution in [0.15, 0.2) is 53.0 Å². The first kappa shape index (κ1) is 16.8. The lowest BCUT2D eigenvalue weighted by atomic mass is 9.79. The van der Waals surface area contributed by atoms with Gasteiger partial charge in [0.25, 0.3) is 0 Å². The van der Waals surface area contributed by atoms with Gasteiger partial charge in [0.2, 0.25) is 5.91 Å². The summed E-state index contributed by atoms with van der Waals surface area (Å²) in [5, 5.41) is 14.1. The smallest absolute Gasteiger partial charge is 0.223 e. The largest absolute Gasteiger partial charge is 0.383 e. The third-order valence-corrected chi connectivity index (χ3v) is 6.01. The van der Waals surface area contributed by atoms with E-state index in [1.54, 1.807) is 0 Å². The molecular weight excluding hydrogens is 378 g/mol. The van der Waals surface area contributed by atoms with E-state index < -0.39 is 5.60 Å². The zero-order valence-electron chi connectivity index (χ0n) is 14.0. The molecular formula is C21H22BrNO2. The Hall–Kier alpha value is -1.65. The first-order chi connectivity index (χ1) is 12.1. The molecule has 1 amide bonds. The molecule has 0 radical (unpaired) electrons. The van der Waals surface area contributed by atoms with Gasteiger partial charge >= 0.3 is 0 Å². The summed E-state index contributed by atoms with van der Waals surface area (Å²) in [6.07, 6.45) is 3.54. The van der Waals surface area contributed by atoms with Crippen molar-refractivity contribution in [2.75, 3.05) is 6.54 Å². The molecule has 2 aromatic carbocycles. The number of carbonyl (C=O) groups is 1. The van der Waals surface area contributed by atoms with Crippen molar-refractivity contribution < 1.29 is 9.90 Å². The van der Waals surface area contributed by atoms with E-state index in [9.17, 15) is 9.90 Å². The molecule has 4 rings (SSSR count). The minimum Gasteiger partial charge on any atom is -0.383 e. The highest BCUT2D eigenvalue weighted by Gasteiger charge is 2.45. The first-order valence-corrected chi connectivity index (χ1v) is 9.70. The van der Waals surface area contributed by atoms with Crippen molar-refractivity contribution in [1.29, 1.82) is 0 Å². The summed E-state index contributed by atoms with van der Waals surface area (Å²) in [6, 6.07) is 16.2. The normalized spacial score (nSPS) is 27.4. The van der Waals surface area contributed by atoms with Gasteiger partial charge in [-0.05, 0) is 60.4 Å². The number of benzene rings is 2. The van der Waals surface area contributed by atoms with Gasteiger partial charge in [-0.2, -0.15) is 0 Å². The van der Waals surface area contributed by atoms with Crippen molar-refractivity contribution >= 4 is 21.8 Å². The lowest BCUT2D eigenvalue weighted by Crippen LogP contribution is -2.43. The Kier molecular flexibility index (Phi) is 4.42. The van der Waals surface area contributed by atoms with Gasteiger partial charge in [0.05, 0.1) is 6.54 Å². The highest BCUT2D eigenvalue weighted by molar-refractivity contribution is 9.10. The van der Waals surface area contributed by atoms with Gasteiger partial charge in [0.1, 0.15) is 5.60 Å². The number of amides is 1. The molecule has 0 heterocycles. The van der Waals surface area contributed by atoms with E-state index >= 15 is 0 Å². The van der Waals surface area contributed by atoms with Crippen LogP contribution in [-0.4, -0.2) is 17.6 Å². The molecule has 1 fully saturated rings. The molecule has 130 valence electrons. The summed E-state index contributed by atoms with van der Waals surface area (Å²) < 4.78 is 1.05. The molecule has 2 N–H and O–H groups in total. The van der Waals surface area contributed by atoms with Crippen LogP contribution in [-0.2, 0) is 16.8 Å². The summed E-state index contributed by atoms with van der Waals surface area (Å²) in [4.78, 5) is 12.5. The van der Waals surface area contributed by atoms with Crippen LogP contribution < -0.4 is 5.32 Å². The molecule has 0 spiro atoms. The number of fused-ring (bicyclic) bond motifs is 1. The van der Waals surface area contributed by atoms with Crippen molar-refractivity contribution in [2.45, 2.75) is 37.2 Å². The maximum absolute atomic E-state index is 12.5. The molecule has 0 aromatic heterocycles. The number of nitrogens with one attached hydrogen (secondary N) is 1. The van der Waals surface area contributed by atoms with Gasteiger partial charge < -0.3 is 10.4 Å². The Balaban J connectivity index is 1.40. The van der Waals surface area contributed by atoms with Crippen LogP contribution in [0.4, 0.5) is 0 Å². The van der Waals surface area contributed by atoms with Crippen LogP contribution in [0.3, 0.4) is 0 Å². The fourth-order valence-corrected chi connectivity index (χ4v) is 4.45. The number of aryl methyl sites for hydroxylation is 1. The minimum absolute atomic E-state index is 0.0248. The molecule has 3 nitrogen and oxygen atoms in total. The summed E-state index contributed by atoms with van der Waals surface area (Å²) in [7, 11) is 0. The molecule has 0 bridgehead atoms. The second-order valence-corrected chi connectivity index (χ2v) is 8.18. The van der Waals surface area contributed by atoms with Crippen molar-refractivity contribution in [2.24, 2.45) is 5.92 Å². The van der Waals surface area contributed by atoms with Gasteiger partial charge in [0.15, 0.2) is 0 Å². The predicted octanol–water partition coefficient (Wildman–Crippen LogP) is 3.89. The summed E-state index contributed by atoms with van der Waals surface area (Å²) >= 11 is 3.49. The Morgan fingerprint density at radius 2 is 2.08 bits per heavy atom. The van der Waals surface area contributed by atoms with Gasteiger partial charge in [0, 0.05) is 10.4 Å². The SMILES string of the molecule is O=C(NCC1(O)CCCc2ccccc21)C1CC1c1cccc(Br)c1. The van der Waals surface area contributed by atoms with Crippen molar-refractivity contribution in [3.05, 3.63) is 69.7 Å². The van der Waals surface area contributed by atoms with E-state index in [1.807, 2.05) is 30.3 Å². The van der Waals surface area contributed by atoms with Gasteiger partial charge in [-0.25, -0.2) is 0 Å². The van der Waals surface area contributed by atoms with E-state index in [0.29, 0.717) is 18.9 Å². The highest BCUT2D eigenvalue weighted by Crippen LogP contribution is 2.48. The fourth-order valence-electron chi connectivity index (χ4n) is 4.04. The van der Waals surface area contributed by atoms with Gasteiger partial charge in [-0.15, -0.1) is 0 Å². The Bertz CT molecular complexity index is 806. The molecule has 1 saturated carbocycles. The van der Waals surface area contributed by atoms with Crippen molar-refractivity contribution in [3.8, 4) is 0 Å². The topological polar surface area (TPSA) is 49.3 Å². The molecule has 3 atom stereocenters. The number of rotatable bonds is 4. The second kappa shape index (κ2) is 6.58. The number of halogens is 1. The molecule has 2 aromatic rings. The Morgan fingerprint density at radius 3 is 2.92 bits per heavy atom. The standard InChI is InChI=1S/C21H22BrNO2/c22-16-8-3-6-15(11-16)17-12-18(17)20(24)23-13-21(25)10-4-7-14-5-1-2-9-19(14)21/h1-3,5-6,8-9,11,17-18,25H,4,7,10,12-13H2,(H,23,24). The lowest BCUT2D eigenvalue weighted by molar-refractivity contribution is -0.124. The van der Waals surface area contributed by atoms with E-state index in [4.69, 9.17) is 0 Å². The molecule has 2 aliphatic carbocycles. The Morgan fingerprint density at radius 1 is 1.24 bits per heavy atom. The van der Waals surface area contributed by atoms with Crippen LogP contribution in [0.25, 0.3) is 0 Å². The molecule has 0 aliphatic heterocycles. The average molecular weight is 400 g/mol. The molecule has 3 unspecified atom stereocenters. The van der Waals surface area contributed by atoms with Crippen LogP contribution in [0.5, 0.6) is 0 Å². The summed E-state index contributed by atoms with van der Waals surface area (Å²) in [6.45, 7) is 0.296. The first-order valence-electron chi connectivity index (χ1n) is 8.91. The third kappa shape index (κ3) is 3.38. The van der Waals surface area contributed by atoms with E-state index in [1.165, 1.54) is 11.1 Å². The second-order valence-electron chi connectivity index (χ2n) is 7.26. The van der Waals surface area contributed by atoms with Gasteiger partial charge in [-0.3, -0.25) is 4.79 Å². The summed E-state index contributed by atoms with van der Waals surface area (Å²) in [5.74, 6) is 0.379. The molecule has 4 heteroatoms. The predicted molar refractivity (Wildman–Crippen MR) is 101 cm³/mol. The van der Waals surface area contributed by atoms with Crippen LogP contribution in [0.2, 0.25) is 0 Å². The van der Waals surface area contributed by atoms with Crippen LogP contribution in [0, 0.1) is 5.92 Å². The fraction of sp³-hybridized carbons (Fsp3) is 0.381. The number of aliphatic hydroxyl groups is 1. The van der Waals surface area contributed by atoms with E-state index in [2.05, 4.69) is 39.4 Å². The van der Waals surface area contributed by atoms with E-state index in [0.717, 1.165) is 29.3 Å². The average Bonchev–Trinajstić information content (AvgIpc) is 3.41. The van der Waals surface area contributed by atoms with Gasteiger partial charge in [-0.1, -0.05) is 52.3 Å². The number of hydrogen-bond acceptors (Lipinski definition) is 2. The Labute approximate surface area is 156 Å². The zero-order chi connectivity index (χ0) is 17.4. The minimum atomic E-state index is -0.940. The number of hydrogen-bond donors (Lipinski definition) is 2. The van der Waals surface area contributed by atoms with Crippen molar-refractivity contribution in [3.63, 3.8) is 0 Å². The maximum Gasteiger partial charge on any atom is 0.223 e. The molecule has 2 aliphatic rings. The van der Waals surface area contributed by atoms with Crippen LogP contribution >= 0.6 is 15.9 Å². The quantitative estimate of drug-likeness (QED) is 0.818. The molecule has 25 heavy (non-hydrogen) atoms.